The Bertz CT molecular complexity index is 641. The lowest BCUT2D eigenvalue weighted by Crippen LogP contribution is -2.28. The van der Waals surface area contributed by atoms with Crippen molar-refractivity contribution in [3.8, 4) is 5.69 Å². The molecule has 0 radical (unpaired) electrons. The predicted molar refractivity (Wildman–Crippen MR) is 67.1 cm³/mol. The van der Waals surface area contributed by atoms with Gasteiger partial charge in [-0.05, 0) is 23.3 Å². The number of rotatable bonds is 2. The van der Waals surface area contributed by atoms with Crippen LogP contribution >= 0.6 is 0 Å². The molecule has 0 saturated carbocycles. The van der Waals surface area contributed by atoms with E-state index in [1.807, 2.05) is 10.8 Å². The number of benzene rings is 2. The maximum atomic E-state index is 5.14. The van der Waals surface area contributed by atoms with Crippen molar-refractivity contribution in [1.29, 1.82) is 0 Å². The third-order valence-corrected chi connectivity index (χ3v) is 3.08. The highest BCUT2D eigenvalue weighted by atomic mass is 16.3. The van der Waals surface area contributed by atoms with E-state index in [1.165, 1.54) is 22.0 Å². The van der Waals surface area contributed by atoms with Gasteiger partial charge in [-0.3, -0.25) is 0 Å². The molecule has 2 nitrogen and oxygen atoms in total. The molecular formula is C15H14NO+. The first-order valence-electron chi connectivity index (χ1n) is 5.84. The standard InChI is InChI=1S/C15H14NO/c1-2-12-9-13-5-3-4-6-14(13)10-15(12)16-7-8-17-11-16/h3-11H,2H2,1H3/q+1. The molecule has 0 aliphatic rings. The summed E-state index contributed by atoms with van der Waals surface area (Å²) in [5.41, 5.74) is 2.52. The Morgan fingerprint density at radius 1 is 1.12 bits per heavy atom. The maximum Gasteiger partial charge on any atom is 0.340 e. The van der Waals surface area contributed by atoms with Gasteiger partial charge in [-0.15, -0.1) is 4.57 Å². The van der Waals surface area contributed by atoms with E-state index in [9.17, 15) is 0 Å². The number of hydrogen-bond acceptors (Lipinski definition) is 1. The highest BCUT2D eigenvalue weighted by molar-refractivity contribution is 5.85. The Balaban J connectivity index is 2.29. The first-order valence-corrected chi connectivity index (χ1v) is 5.84. The zero-order valence-corrected chi connectivity index (χ0v) is 9.76. The molecule has 0 saturated heterocycles. The molecule has 17 heavy (non-hydrogen) atoms. The Hall–Kier alpha value is -2.09. The van der Waals surface area contributed by atoms with E-state index in [1.54, 1.807) is 12.7 Å². The number of oxazole rings is 1. The fourth-order valence-corrected chi connectivity index (χ4v) is 2.17. The van der Waals surface area contributed by atoms with Gasteiger partial charge in [-0.25, -0.2) is 0 Å². The lowest BCUT2D eigenvalue weighted by atomic mass is 10.0. The van der Waals surface area contributed by atoms with E-state index < -0.39 is 0 Å². The van der Waals surface area contributed by atoms with Crippen LogP contribution in [0.25, 0.3) is 16.5 Å². The predicted octanol–water partition coefficient (Wildman–Crippen LogP) is 3.27. The van der Waals surface area contributed by atoms with Crippen molar-refractivity contribution in [3.05, 3.63) is 60.8 Å². The van der Waals surface area contributed by atoms with Gasteiger partial charge < -0.3 is 4.42 Å². The second-order valence-electron chi connectivity index (χ2n) is 4.12. The first-order chi connectivity index (χ1) is 8.38. The van der Waals surface area contributed by atoms with Crippen LogP contribution in [0.5, 0.6) is 0 Å². The van der Waals surface area contributed by atoms with Gasteiger partial charge in [0, 0.05) is 11.6 Å². The highest BCUT2D eigenvalue weighted by Gasteiger charge is 2.13. The van der Waals surface area contributed by atoms with Crippen molar-refractivity contribution >= 4 is 10.8 Å². The van der Waals surface area contributed by atoms with Crippen LogP contribution in [0.15, 0.2) is 59.7 Å². The van der Waals surface area contributed by atoms with Gasteiger partial charge >= 0.3 is 6.39 Å². The van der Waals surface area contributed by atoms with Crippen molar-refractivity contribution in [2.45, 2.75) is 13.3 Å². The molecule has 0 unspecified atom stereocenters. The molecule has 0 amide bonds. The highest BCUT2D eigenvalue weighted by Crippen LogP contribution is 2.20. The molecular weight excluding hydrogens is 210 g/mol. The monoisotopic (exact) mass is 224 g/mol. The average molecular weight is 224 g/mol. The number of aryl methyl sites for hydroxylation is 1. The zero-order chi connectivity index (χ0) is 11.7. The van der Waals surface area contributed by atoms with E-state index in [4.69, 9.17) is 4.42 Å². The lowest BCUT2D eigenvalue weighted by Gasteiger charge is -2.03. The Labute approximate surface area is 100 Å². The largest absolute Gasteiger partial charge is 0.412 e. The normalized spacial score (nSPS) is 10.9. The summed E-state index contributed by atoms with van der Waals surface area (Å²) in [4.78, 5) is 0. The summed E-state index contributed by atoms with van der Waals surface area (Å²) in [7, 11) is 0. The summed E-state index contributed by atoms with van der Waals surface area (Å²) in [6.07, 6.45) is 6.36. The summed E-state index contributed by atoms with van der Waals surface area (Å²) in [5.74, 6) is 0. The van der Waals surface area contributed by atoms with Gasteiger partial charge in [0.1, 0.15) is 0 Å². The van der Waals surface area contributed by atoms with Crippen molar-refractivity contribution < 1.29 is 8.98 Å². The molecule has 84 valence electrons. The topological polar surface area (TPSA) is 17.0 Å². The smallest absolute Gasteiger partial charge is 0.340 e. The van der Waals surface area contributed by atoms with E-state index in [2.05, 4.69) is 43.3 Å². The lowest BCUT2D eigenvalue weighted by molar-refractivity contribution is -0.599. The molecule has 0 atom stereocenters. The van der Waals surface area contributed by atoms with Crippen molar-refractivity contribution in [2.75, 3.05) is 0 Å². The van der Waals surface area contributed by atoms with Gasteiger partial charge in [0.2, 0.25) is 11.9 Å². The van der Waals surface area contributed by atoms with Gasteiger partial charge in [-0.2, -0.15) is 0 Å². The second-order valence-corrected chi connectivity index (χ2v) is 4.12. The Morgan fingerprint density at radius 2 is 1.88 bits per heavy atom. The fraction of sp³-hybridized carbons (Fsp3) is 0.133. The second kappa shape index (κ2) is 4.06. The van der Waals surface area contributed by atoms with E-state index in [0.717, 1.165) is 6.42 Å². The number of hydrogen-bond donors (Lipinski definition) is 0. The van der Waals surface area contributed by atoms with E-state index >= 15 is 0 Å². The molecule has 0 fully saturated rings. The molecule has 0 aliphatic carbocycles. The molecule has 0 bridgehead atoms. The maximum absolute atomic E-state index is 5.14. The molecule has 1 aromatic heterocycles. The van der Waals surface area contributed by atoms with Crippen LogP contribution in [-0.4, -0.2) is 0 Å². The minimum absolute atomic E-state index is 1.01. The Kier molecular flexibility index (Phi) is 2.41. The number of aromatic nitrogens is 1. The van der Waals surface area contributed by atoms with E-state index in [0.29, 0.717) is 0 Å². The van der Waals surface area contributed by atoms with Crippen LogP contribution in [0.4, 0.5) is 0 Å². The minimum Gasteiger partial charge on any atom is -0.412 e. The molecule has 2 aromatic carbocycles. The van der Waals surface area contributed by atoms with Crippen LogP contribution in [0.2, 0.25) is 0 Å². The quantitative estimate of drug-likeness (QED) is 0.610. The van der Waals surface area contributed by atoms with Gasteiger partial charge in [0.15, 0.2) is 6.26 Å². The van der Waals surface area contributed by atoms with Crippen LogP contribution in [0.3, 0.4) is 0 Å². The molecule has 0 aliphatic heterocycles. The summed E-state index contributed by atoms with van der Waals surface area (Å²) >= 11 is 0. The van der Waals surface area contributed by atoms with Crippen molar-refractivity contribution in [1.82, 2.24) is 0 Å². The summed E-state index contributed by atoms with van der Waals surface area (Å²) in [5, 5.41) is 2.55. The van der Waals surface area contributed by atoms with Crippen LogP contribution in [0.1, 0.15) is 12.5 Å². The zero-order valence-electron chi connectivity index (χ0n) is 9.76. The first kappa shape index (κ1) is 10.1. The van der Waals surface area contributed by atoms with Crippen LogP contribution in [0, 0.1) is 0 Å². The summed E-state index contributed by atoms with van der Waals surface area (Å²) in [6, 6.07) is 12.9. The summed E-state index contributed by atoms with van der Waals surface area (Å²) < 4.78 is 7.16. The van der Waals surface area contributed by atoms with Crippen LogP contribution < -0.4 is 4.57 Å². The SMILES string of the molecule is CCc1cc2ccccc2cc1-[n+]1ccoc1. The third kappa shape index (κ3) is 1.72. The third-order valence-electron chi connectivity index (χ3n) is 3.08. The van der Waals surface area contributed by atoms with Crippen LogP contribution in [-0.2, 0) is 6.42 Å². The number of fused-ring (bicyclic) bond motifs is 1. The number of nitrogens with zero attached hydrogens (tertiary/aromatic N) is 1. The van der Waals surface area contributed by atoms with Crippen molar-refractivity contribution in [3.63, 3.8) is 0 Å². The minimum atomic E-state index is 1.01. The average Bonchev–Trinajstić information content (AvgIpc) is 2.91. The molecule has 0 N–H and O–H groups in total. The molecule has 3 rings (SSSR count). The van der Waals surface area contributed by atoms with Gasteiger partial charge in [0.05, 0.1) is 0 Å². The molecule has 2 heteroatoms. The summed E-state index contributed by atoms with van der Waals surface area (Å²) in [6.45, 7) is 2.17. The van der Waals surface area contributed by atoms with Gasteiger partial charge in [0.25, 0.3) is 0 Å². The molecule has 1 heterocycles. The van der Waals surface area contributed by atoms with Crippen molar-refractivity contribution in [2.24, 2.45) is 0 Å². The van der Waals surface area contributed by atoms with E-state index in [-0.39, 0.29) is 0 Å². The molecule has 0 spiro atoms. The van der Waals surface area contributed by atoms with Gasteiger partial charge in [-0.1, -0.05) is 31.2 Å². The Morgan fingerprint density at radius 3 is 2.53 bits per heavy atom. The molecule has 3 aromatic rings. The fourth-order valence-electron chi connectivity index (χ4n) is 2.17.